The highest BCUT2D eigenvalue weighted by Crippen LogP contribution is 2.36. The van der Waals surface area contributed by atoms with Gasteiger partial charge < -0.3 is 10.2 Å². The maximum absolute atomic E-state index is 12.8. The highest BCUT2D eigenvalue weighted by atomic mass is 32.1. The minimum Gasteiger partial charge on any atom is -0.341 e. The van der Waals surface area contributed by atoms with Gasteiger partial charge in [-0.3, -0.25) is 4.79 Å². The third-order valence-corrected chi connectivity index (χ3v) is 6.74. The lowest BCUT2D eigenvalue weighted by atomic mass is 10.2. The van der Waals surface area contributed by atoms with Crippen LogP contribution in [0, 0.1) is 0 Å². The molecule has 1 saturated heterocycles. The van der Waals surface area contributed by atoms with E-state index in [1.54, 1.807) is 22.7 Å². The monoisotopic (exact) mass is 383 g/mol. The predicted octanol–water partition coefficient (Wildman–Crippen LogP) is 3.90. The van der Waals surface area contributed by atoms with Gasteiger partial charge >= 0.3 is 0 Å². The van der Waals surface area contributed by atoms with E-state index < -0.39 is 0 Å². The van der Waals surface area contributed by atoms with Gasteiger partial charge in [-0.1, -0.05) is 36.4 Å². The summed E-state index contributed by atoms with van der Waals surface area (Å²) in [5, 5.41) is 6.36. The fourth-order valence-electron chi connectivity index (χ4n) is 3.22. The molecule has 2 aromatic heterocycles. The molecule has 1 fully saturated rings. The Morgan fingerprint density at radius 2 is 2.12 bits per heavy atom. The van der Waals surface area contributed by atoms with Crippen molar-refractivity contribution in [3.05, 3.63) is 52.7 Å². The normalized spacial score (nSPS) is 16.7. The number of thiophene rings is 1. The lowest BCUT2D eigenvalue weighted by Crippen LogP contribution is -2.39. The topological polar surface area (TPSA) is 45.2 Å². The Morgan fingerprint density at radius 3 is 2.81 bits per heavy atom. The van der Waals surface area contributed by atoms with Crippen LogP contribution in [0.4, 0.5) is 0 Å². The number of likely N-dealkylation sites (N-methyl/N-ethyl adjacent to an activating group) is 1. The molecule has 3 heterocycles. The second-order valence-electron chi connectivity index (χ2n) is 6.46. The van der Waals surface area contributed by atoms with Crippen molar-refractivity contribution in [1.29, 1.82) is 0 Å². The summed E-state index contributed by atoms with van der Waals surface area (Å²) in [5.41, 5.74) is 2.05. The molecule has 1 aliphatic rings. The quantitative estimate of drug-likeness (QED) is 0.727. The van der Waals surface area contributed by atoms with Crippen molar-refractivity contribution in [3.8, 4) is 21.1 Å². The largest absolute Gasteiger partial charge is 0.341 e. The molecule has 3 aromatic rings. The molecule has 1 unspecified atom stereocenters. The van der Waals surface area contributed by atoms with Crippen LogP contribution >= 0.6 is 22.7 Å². The van der Waals surface area contributed by atoms with E-state index in [0.717, 1.165) is 45.5 Å². The minimum absolute atomic E-state index is 0.166. The van der Waals surface area contributed by atoms with Gasteiger partial charge in [-0.2, -0.15) is 0 Å². The summed E-state index contributed by atoms with van der Waals surface area (Å²) in [7, 11) is 1.92. The molecule has 134 valence electrons. The Bertz CT molecular complexity index is 868. The zero-order chi connectivity index (χ0) is 17.9. The number of carbonyl (C=O) groups is 1. The molecule has 0 radical (unpaired) electrons. The van der Waals surface area contributed by atoms with E-state index in [1.807, 2.05) is 36.2 Å². The predicted molar refractivity (Wildman–Crippen MR) is 109 cm³/mol. The molecular weight excluding hydrogens is 362 g/mol. The molecule has 26 heavy (non-hydrogen) atoms. The maximum atomic E-state index is 12.8. The molecule has 6 heteroatoms. The smallest absolute Gasteiger partial charge is 0.227 e. The van der Waals surface area contributed by atoms with Crippen LogP contribution in [0.1, 0.15) is 11.3 Å². The maximum Gasteiger partial charge on any atom is 0.227 e. The highest BCUT2D eigenvalue weighted by Gasteiger charge is 2.25. The molecule has 1 aromatic carbocycles. The fourth-order valence-corrected chi connectivity index (χ4v) is 5.10. The molecule has 0 saturated carbocycles. The number of thiazole rings is 1. The Labute approximate surface area is 161 Å². The van der Waals surface area contributed by atoms with E-state index in [2.05, 4.69) is 28.9 Å². The number of rotatable bonds is 5. The van der Waals surface area contributed by atoms with Gasteiger partial charge in [0.2, 0.25) is 5.91 Å². The first-order valence-electron chi connectivity index (χ1n) is 8.78. The number of nitrogens with one attached hydrogen (secondary N) is 1. The number of aromatic nitrogens is 1. The lowest BCUT2D eigenvalue weighted by Gasteiger charge is -2.23. The lowest BCUT2D eigenvalue weighted by molar-refractivity contribution is -0.130. The Hall–Kier alpha value is -2.02. The Kier molecular flexibility index (Phi) is 5.15. The van der Waals surface area contributed by atoms with Crippen molar-refractivity contribution >= 4 is 28.6 Å². The molecule has 0 spiro atoms. The molecule has 1 N–H and O–H groups in total. The van der Waals surface area contributed by atoms with Gasteiger partial charge in [0.1, 0.15) is 5.01 Å². The van der Waals surface area contributed by atoms with Crippen LogP contribution in [-0.2, 0) is 11.2 Å². The first-order valence-corrected chi connectivity index (χ1v) is 10.5. The van der Waals surface area contributed by atoms with Gasteiger partial charge in [0.15, 0.2) is 0 Å². The number of hydrogen-bond acceptors (Lipinski definition) is 5. The van der Waals surface area contributed by atoms with Crippen LogP contribution in [0.3, 0.4) is 0 Å². The van der Waals surface area contributed by atoms with Crippen LogP contribution in [0.25, 0.3) is 21.1 Å². The molecule has 1 aliphatic heterocycles. The number of nitrogens with zero attached hydrogens (tertiary/aromatic N) is 2. The number of carbonyl (C=O) groups excluding carboxylic acids is 1. The molecule has 0 bridgehead atoms. The zero-order valence-corrected chi connectivity index (χ0v) is 16.3. The van der Waals surface area contributed by atoms with E-state index in [-0.39, 0.29) is 5.91 Å². The molecule has 0 aliphatic carbocycles. The van der Waals surface area contributed by atoms with Crippen LogP contribution in [0.2, 0.25) is 0 Å². The van der Waals surface area contributed by atoms with Crippen molar-refractivity contribution in [2.45, 2.75) is 18.9 Å². The summed E-state index contributed by atoms with van der Waals surface area (Å²) >= 11 is 3.30. The van der Waals surface area contributed by atoms with Crippen molar-refractivity contribution < 1.29 is 4.79 Å². The van der Waals surface area contributed by atoms with E-state index in [0.29, 0.717) is 12.5 Å². The summed E-state index contributed by atoms with van der Waals surface area (Å²) in [5.74, 6) is 0.166. The van der Waals surface area contributed by atoms with Crippen molar-refractivity contribution in [1.82, 2.24) is 15.2 Å². The average molecular weight is 384 g/mol. The molecular formula is C20H21N3OS2. The van der Waals surface area contributed by atoms with Crippen molar-refractivity contribution in [3.63, 3.8) is 0 Å². The van der Waals surface area contributed by atoms with Crippen molar-refractivity contribution in [2.75, 3.05) is 20.1 Å². The summed E-state index contributed by atoms with van der Waals surface area (Å²) in [6.45, 7) is 1.87. The number of hydrogen-bond donors (Lipinski definition) is 1. The molecule has 4 nitrogen and oxygen atoms in total. The Balaban J connectivity index is 1.63. The zero-order valence-electron chi connectivity index (χ0n) is 14.6. The summed E-state index contributed by atoms with van der Waals surface area (Å²) < 4.78 is 0. The molecule has 1 amide bonds. The first-order chi connectivity index (χ1) is 12.7. The minimum atomic E-state index is 0.166. The van der Waals surface area contributed by atoms with Gasteiger partial charge in [0, 0.05) is 30.1 Å². The standard InChI is InChI=1S/C20H21N3OS2/c1-23(15-9-10-21-13-15)18(24)12-17-19(16-8-5-11-25-16)22-20(26-17)14-6-3-2-4-7-14/h2-8,11,15,21H,9-10,12-13H2,1H3. The fraction of sp³-hybridized carbons (Fsp3) is 0.300. The number of amides is 1. The highest BCUT2D eigenvalue weighted by molar-refractivity contribution is 7.17. The van der Waals surface area contributed by atoms with E-state index >= 15 is 0 Å². The number of benzene rings is 1. The van der Waals surface area contributed by atoms with Crippen LogP contribution in [-0.4, -0.2) is 42.0 Å². The van der Waals surface area contributed by atoms with Crippen LogP contribution < -0.4 is 5.32 Å². The Morgan fingerprint density at radius 1 is 1.27 bits per heavy atom. The summed E-state index contributed by atoms with van der Waals surface area (Å²) in [6.07, 6.45) is 1.43. The van der Waals surface area contributed by atoms with Crippen molar-refractivity contribution in [2.24, 2.45) is 0 Å². The van der Waals surface area contributed by atoms with E-state index in [4.69, 9.17) is 4.98 Å². The van der Waals surface area contributed by atoms with Gasteiger partial charge in [-0.05, 0) is 24.4 Å². The van der Waals surface area contributed by atoms with E-state index in [9.17, 15) is 4.79 Å². The van der Waals surface area contributed by atoms with Gasteiger partial charge in [0.05, 0.1) is 17.0 Å². The van der Waals surface area contributed by atoms with Crippen LogP contribution in [0.5, 0.6) is 0 Å². The SMILES string of the molecule is CN(C(=O)Cc1sc(-c2ccccc2)nc1-c1cccs1)C1CCNC1. The third-order valence-electron chi connectivity index (χ3n) is 4.76. The second-order valence-corrected chi connectivity index (χ2v) is 8.49. The third kappa shape index (κ3) is 3.58. The molecule has 4 rings (SSSR count). The van der Waals surface area contributed by atoms with Crippen LogP contribution in [0.15, 0.2) is 47.8 Å². The molecule has 1 atom stereocenters. The first kappa shape index (κ1) is 17.4. The second kappa shape index (κ2) is 7.70. The van der Waals surface area contributed by atoms with Gasteiger partial charge in [-0.15, -0.1) is 22.7 Å². The van der Waals surface area contributed by atoms with Gasteiger partial charge in [0.25, 0.3) is 0 Å². The average Bonchev–Trinajstić information content (AvgIpc) is 3.42. The summed E-state index contributed by atoms with van der Waals surface area (Å²) in [6, 6.07) is 14.6. The van der Waals surface area contributed by atoms with Gasteiger partial charge in [-0.25, -0.2) is 4.98 Å². The van der Waals surface area contributed by atoms with E-state index in [1.165, 1.54) is 0 Å². The summed E-state index contributed by atoms with van der Waals surface area (Å²) in [4.78, 5) is 21.8.